The number of alkyl halides is 3. The maximum atomic E-state index is 12.3. The molecule has 1 aliphatic heterocycles. The Morgan fingerprint density at radius 2 is 2.27 bits per heavy atom. The topological polar surface area (TPSA) is 87.6 Å². The van der Waals surface area contributed by atoms with Crippen LogP contribution < -0.4 is 10.6 Å². The Balaban J connectivity index is 1.71. The lowest BCUT2D eigenvalue weighted by molar-refractivity contribution is -0.142. The maximum absolute atomic E-state index is 12.3. The minimum absolute atomic E-state index is 0.190. The van der Waals surface area contributed by atoms with Gasteiger partial charge in [-0.05, 0) is 0 Å². The number of carbonyl (C=O) groups excluding carboxylic acids is 1. The average Bonchev–Trinajstić information content (AvgIpc) is 3.03. The van der Waals surface area contributed by atoms with Crippen LogP contribution in [0.4, 0.5) is 18.9 Å². The number of carbonyl (C=O) groups is 1. The Bertz CT molecular complexity index is 689. The predicted molar refractivity (Wildman–Crippen MR) is 70.2 cm³/mol. The first-order valence-corrected chi connectivity index (χ1v) is 6.60. The van der Waals surface area contributed by atoms with Gasteiger partial charge in [0.1, 0.15) is 6.54 Å². The van der Waals surface area contributed by atoms with E-state index < -0.39 is 18.6 Å². The number of hydrogen-bond acceptors (Lipinski definition) is 4. The van der Waals surface area contributed by atoms with Crippen LogP contribution in [-0.4, -0.2) is 38.6 Å². The summed E-state index contributed by atoms with van der Waals surface area (Å²) in [6.45, 7) is 0.132. The fourth-order valence-corrected chi connectivity index (χ4v) is 2.30. The number of aromatic nitrogens is 4. The van der Waals surface area contributed by atoms with E-state index in [0.29, 0.717) is 6.54 Å². The van der Waals surface area contributed by atoms with Crippen molar-refractivity contribution in [2.75, 3.05) is 11.9 Å². The Morgan fingerprint density at radius 1 is 1.45 bits per heavy atom. The van der Waals surface area contributed by atoms with Crippen LogP contribution >= 0.6 is 0 Å². The third kappa shape index (κ3) is 3.11. The van der Waals surface area contributed by atoms with Gasteiger partial charge in [-0.1, -0.05) is 0 Å². The standard InChI is InChI=1S/C12H13F3N6O/c13-12(14,15)6-21-5-7(3-17-21)18-11(22)10-8-4-16-2-1-9(8)19-20-10/h3,5,16H,1-2,4,6H2,(H,18,22)(H,19,20). The van der Waals surface area contributed by atoms with Crippen LogP contribution in [-0.2, 0) is 19.5 Å². The molecule has 0 saturated heterocycles. The monoisotopic (exact) mass is 314 g/mol. The zero-order valence-corrected chi connectivity index (χ0v) is 11.4. The number of anilines is 1. The molecule has 0 aliphatic carbocycles. The summed E-state index contributed by atoms with van der Waals surface area (Å²) >= 11 is 0. The molecule has 3 N–H and O–H groups in total. The minimum Gasteiger partial charge on any atom is -0.318 e. The number of aromatic amines is 1. The van der Waals surface area contributed by atoms with Crippen LogP contribution in [0.25, 0.3) is 0 Å². The quantitative estimate of drug-likeness (QED) is 0.791. The Morgan fingerprint density at radius 3 is 3.05 bits per heavy atom. The number of fused-ring (bicyclic) bond motifs is 1. The van der Waals surface area contributed by atoms with E-state index in [1.54, 1.807) is 0 Å². The number of amides is 1. The Hall–Kier alpha value is -2.36. The van der Waals surface area contributed by atoms with E-state index in [1.165, 1.54) is 6.20 Å². The lowest BCUT2D eigenvalue weighted by Gasteiger charge is -2.12. The fourth-order valence-electron chi connectivity index (χ4n) is 2.30. The highest BCUT2D eigenvalue weighted by atomic mass is 19.4. The Labute approximate surface area is 122 Å². The molecule has 0 spiro atoms. The number of hydrogen-bond donors (Lipinski definition) is 3. The van der Waals surface area contributed by atoms with Crippen LogP contribution in [0, 0.1) is 0 Å². The molecule has 7 nitrogen and oxygen atoms in total. The first kappa shape index (κ1) is 14.6. The molecule has 0 fully saturated rings. The molecule has 1 amide bonds. The fraction of sp³-hybridized carbons (Fsp3) is 0.417. The van der Waals surface area contributed by atoms with Crippen LogP contribution in [0.1, 0.15) is 21.7 Å². The summed E-state index contributed by atoms with van der Waals surface area (Å²) in [6.07, 6.45) is -1.32. The van der Waals surface area contributed by atoms with Crippen molar-refractivity contribution in [3.63, 3.8) is 0 Å². The molecule has 3 rings (SSSR count). The summed E-state index contributed by atoms with van der Waals surface area (Å²) in [6, 6.07) is 0. The highest BCUT2D eigenvalue weighted by Crippen LogP contribution is 2.19. The summed E-state index contributed by atoms with van der Waals surface area (Å²) < 4.78 is 37.5. The normalized spacial score (nSPS) is 14.7. The molecular weight excluding hydrogens is 301 g/mol. The summed E-state index contributed by atoms with van der Waals surface area (Å²) in [5, 5.41) is 16.0. The Kier molecular flexibility index (Phi) is 3.61. The van der Waals surface area contributed by atoms with Crippen LogP contribution in [0.15, 0.2) is 12.4 Å². The van der Waals surface area contributed by atoms with E-state index in [0.717, 1.165) is 35.1 Å². The number of H-pyrrole nitrogens is 1. The number of rotatable bonds is 3. The third-order valence-corrected chi connectivity index (χ3v) is 3.25. The van der Waals surface area contributed by atoms with Crippen molar-refractivity contribution < 1.29 is 18.0 Å². The van der Waals surface area contributed by atoms with Crippen molar-refractivity contribution in [1.29, 1.82) is 0 Å². The van der Waals surface area contributed by atoms with E-state index in [1.807, 2.05) is 0 Å². The van der Waals surface area contributed by atoms with E-state index in [4.69, 9.17) is 0 Å². The van der Waals surface area contributed by atoms with Gasteiger partial charge in [0, 0.05) is 37.0 Å². The molecule has 0 radical (unpaired) electrons. The van der Waals surface area contributed by atoms with Gasteiger partial charge in [0.05, 0.1) is 11.9 Å². The van der Waals surface area contributed by atoms with Gasteiger partial charge >= 0.3 is 6.18 Å². The average molecular weight is 314 g/mol. The predicted octanol–water partition coefficient (Wildman–Crippen LogP) is 1.07. The van der Waals surface area contributed by atoms with E-state index >= 15 is 0 Å². The maximum Gasteiger partial charge on any atom is 0.408 e. The molecule has 1 aliphatic rings. The van der Waals surface area contributed by atoms with Crippen LogP contribution in [0.5, 0.6) is 0 Å². The third-order valence-electron chi connectivity index (χ3n) is 3.25. The highest BCUT2D eigenvalue weighted by molar-refractivity contribution is 6.03. The second-order valence-electron chi connectivity index (χ2n) is 4.95. The zero-order valence-electron chi connectivity index (χ0n) is 11.4. The molecule has 10 heteroatoms. The van der Waals surface area contributed by atoms with Crippen molar-refractivity contribution in [2.24, 2.45) is 0 Å². The molecule has 22 heavy (non-hydrogen) atoms. The zero-order chi connectivity index (χ0) is 15.7. The number of nitrogens with zero attached hydrogens (tertiary/aromatic N) is 3. The van der Waals surface area contributed by atoms with E-state index in [-0.39, 0.29) is 11.4 Å². The van der Waals surface area contributed by atoms with Crippen molar-refractivity contribution in [2.45, 2.75) is 25.7 Å². The lowest BCUT2D eigenvalue weighted by atomic mass is 10.1. The lowest BCUT2D eigenvalue weighted by Crippen LogP contribution is -2.25. The largest absolute Gasteiger partial charge is 0.408 e. The van der Waals surface area contributed by atoms with Gasteiger partial charge < -0.3 is 10.6 Å². The second kappa shape index (κ2) is 5.44. The molecule has 0 bridgehead atoms. The van der Waals surface area contributed by atoms with Gasteiger partial charge in [-0.25, -0.2) is 0 Å². The van der Waals surface area contributed by atoms with Gasteiger partial charge in [0.25, 0.3) is 5.91 Å². The molecule has 0 atom stereocenters. The van der Waals surface area contributed by atoms with Gasteiger partial charge in [-0.2, -0.15) is 23.4 Å². The van der Waals surface area contributed by atoms with Crippen molar-refractivity contribution in [3.8, 4) is 0 Å². The van der Waals surface area contributed by atoms with Crippen LogP contribution in [0.3, 0.4) is 0 Å². The summed E-state index contributed by atoms with van der Waals surface area (Å²) in [7, 11) is 0. The molecule has 2 aromatic rings. The molecule has 0 saturated carbocycles. The summed E-state index contributed by atoms with van der Waals surface area (Å²) in [4.78, 5) is 12.2. The molecular formula is C12H13F3N6O. The SMILES string of the molecule is O=C(Nc1cnn(CC(F)(F)F)c1)c1n[nH]c2c1CNCC2. The van der Waals surface area contributed by atoms with Crippen molar-refractivity contribution in [1.82, 2.24) is 25.3 Å². The van der Waals surface area contributed by atoms with E-state index in [9.17, 15) is 18.0 Å². The van der Waals surface area contributed by atoms with Gasteiger partial charge in [-0.3, -0.25) is 14.6 Å². The highest BCUT2D eigenvalue weighted by Gasteiger charge is 2.28. The molecule has 3 heterocycles. The molecule has 2 aromatic heterocycles. The van der Waals surface area contributed by atoms with Crippen molar-refractivity contribution >= 4 is 11.6 Å². The smallest absolute Gasteiger partial charge is 0.318 e. The summed E-state index contributed by atoms with van der Waals surface area (Å²) in [5.74, 6) is -0.479. The van der Waals surface area contributed by atoms with Gasteiger partial charge in [0.15, 0.2) is 5.69 Å². The minimum atomic E-state index is -4.36. The second-order valence-corrected chi connectivity index (χ2v) is 4.95. The van der Waals surface area contributed by atoms with Gasteiger partial charge in [0.2, 0.25) is 0 Å². The molecule has 0 aromatic carbocycles. The van der Waals surface area contributed by atoms with Crippen molar-refractivity contribution in [3.05, 3.63) is 29.3 Å². The number of nitrogens with one attached hydrogen (secondary N) is 3. The van der Waals surface area contributed by atoms with E-state index in [2.05, 4.69) is 25.9 Å². The summed E-state index contributed by atoms with van der Waals surface area (Å²) in [5.41, 5.74) is 2.11. The molecule has 0 unspecified atom stereocenters. The first-order valence-electron chi connectivity index (χ1n) is 6.60. The van der Waals surface area contributed by atoms with Crippen LogP contribution in [0.2, 0.25) is 0 Å². The number of halogens is 3. The molecule has 118 valence electrons. The first-order chi connectivity index (χ1) is 10.4. The van der Waals surface area contributed by atoms with Gasteiger partial charge in [-0.15, -0.1) is 0 Å².